The zero-order valence-corrected chi connectivity index (χ0v) is 13.6. The number of rotatable bonds is 5. The highest BCUT2D eigenvalue weighted by Gasteiger charge is 2.04. The molecule has 2 aromatic rings. The van der Waals surface area contributed by atoms with Gasteiger partial charge in [-0.2, -0.15) is 0 Å². The van der Waals surface area contributed by atoms with Crippen LogP contribution in [0.25, 0.3) is 0 Å². The van der Waals surface area contributed by atoms with Gasteiger partial charge in [-0.25, -0.2) is 4.98 Å². The summed E-state index contributed by atoms with van der Waals surface area (Å²) in [6.07, 6.45) is 1.80. The Morgan fingerprint density at radius 3 is 2.79 bits per heavy atom. The van der Waals surface area contributed by atoms with Crippen molar-refractivity contribution < 1.29 is 0 Å². The molecule has 0 spiro atoms. The Kier molecular flexibility index (Phi) is 5.70. The van der Waals surface area contributed by atoms with Crippen LogP contribution in [0, 0.1) is 0 Å². The minimum absolute atomic E-state index is 0.795. The Labute approximate surface area is 131 Å². The smallest absolute Gasteiger partial charge is 0.101 e. The number of nitrogens with zero attached hydrogens (tertiary/aromatic N) is 1. The van der Waals surface area contributed by atoms with Gasteiger partial charge in [-0.15, -0.1) is 0 Å². The largest absolute Gasteiger partial charge is 0.313 e. The Morgan fingerprint density at radius 1 is 1.32 bits per heavy atom. The maximum absolute atomic E-state index is 6.28. The molecule has 0 aliphatic rings. The summed E-state index contributed by atoms with van der Waals surface area (Å²) in [5.74, 6) is 0. The highest BCUT2D eigenvalue weighted by molar-refractivity contribution is 9.10. The summed E-state index contributed by atoms with van der Waals surface area (Å²) in [7, 11) is 0. The van der Waals surface area contributed by atoms with Crippen LogP contribution in [0.1, 0.15) is 12.5 Å². The zero-order chi connectivity index (χ0) is 13.7. The van der Waals surface area contributed by atoms with Gasteiger partial charge >= 0.3 is 0 Å². The monoisotopic (exact) mass is 356 g/mol. The summed E-state index contributed by atoms with van der Waals surface area (Å²) >= 11 is 11.3. The Balaban J connectivity index is 2.09. The number of benzene rings is 1. The number of hydrogen-bond donors (Lipinski definition) is 1. The molecule has 0 aliphatic carbocycles. The molecule has 100 valence electrons. The van der Waals surface area contributed by atoms with E-state index in [-0.39, 0.29) is 0 Å². The zero-order valence-electron chi connectivity index (χ0n) is 10.5. The topological polar surface area (TPSA) is 24.9 Å². The number of halogens is 2. The average Bonchev–Trinajstić information content (AvgIpc) is 2.41. The van der Waals surface area contributed by atoms with E-state index in [2.05, 4.69) is 45.3 Å². The summed E-state index contributed by atoms with van der Waals surface area (Å²) < 4.78 is 0.982. The molecule has 0 unspecified atom stereocenters. The van der Waals surface area contributed by atoms with E-state index >= 15 is 0 Å². The molecule has 5 heteroatoms. The molecular formula is C14H14BrClN2S. The second-order valence-corrected chi connectivity index (χ2v) is 6.37. The van der Waals surface area contributed by atoms with Crippen molar-refractivity contribution in [3.8, 4) is 0 Å². The first-order valence-electron chi connectivity index (χ1n) is 5.97. The van der Waals surface area contributed by atoms with Crippen LogP contribution >= 0.6 is 39.3 Å². The molecule has 0 bridgehead atoms. The Morgan fingerprint density at radius 2 is 2.16 bits per heavy atom. The third kappa shape index (κ3) is 4.49. The first-order chi connectivity index (χ1) is 9.19. The lowest BCUT2D eigenvalue weighted by molar-refractivity contribution is 0.726. The van der Waals surface area contributed by atoms with Crippen molar-refractivity contribution in [1.29, 1.82) is 0 Å². The summed E-state index contributed by atoms with van der Waals surface area (Å²) in [6, 6.07) is 10.1. The quantitative estimate of drug-likeness (QED) is 0.835. The summed E-state index contributed by atoms with van der Waals surface area (Å²) in [4.78, 5) is 5.43. The Hall–Kier alpha value is -0.550. The first-order valence-corrected chi connectivity index (χ1v) is 7.96. The molecular weight excluding hydrogens is 344 g/mol. The lowest BCUT2D eigenvalue weighted by atomic mass is 10.2. The van der Waals surface area contributed by atoms with Gasteiger partial charge in [0.1, 0.15) is 5.03 Å². The molecule has 0 saturated carbocycles. The summed E-state index contributed by atoms with van der Waals surface area (Å²) in [5, 5.41) is 5.02. The maximum Gasteiger partial charge on any atom is 0.101 e. The lowest BCUT2D eigenvalue weighted by Gasteiger charge is -2.07. The van der Waals surface area contributed by atoms with Crippen LogP contribution in [-0.2, 0) is 6.54 Å². The summed E-state index contributed by atoms with van der Waals surface area (Å²) in [5.41, 5.74) is 1.12. The molecule has 0 atom stereocenters. The van der Waals surface area contributed by atoms with Gasteiger partial charge in [0.25, 0.3) is 0 Å². The number of nitrogens with one attached hydrogen (secondary N) is 1. The second kappa shape index (κ2) is 7.29. The van der Waals surface area contributed by atoms with E-state index in [0.717, 1.165) is 38.1 Å². The molecule has 1 heterocycles. The van der Waals surface area contributed by atoms with E-state index in [1.54, 1.807) is 18.0 Å². The van der Waals surface area contributed by atoms with E-state index in [1.807, 2.05) is 18.2 Å². The standard InChI is InChI=1S/C14H14BrClN2S/c1-2-17-8-10-3-5-12(7-13(10)16)19-14-6-4-11(15)9-18-14/h3-7,9,17H,2,8H2,1H3. The Bertz CT molecular complexity index is 546. The fourth-order valence-corrected chi connectivity index (χ4v) is 2.88. The maximum atomic E-state index is 6.28. The molecule has 0 radical (unpaired) electrons. The van der Waals surface area contributed by atoms with Crippen molar-refractivity contribution in [1.82, 2.24) is 10.3 Å². The van der Waals surface area contributed by atoms with Gasteiger partial charge in [-0.3, -0.25) is 0 Å². The van der Waals surface area contributed by atoms with E-state index < -0.39 is 0 Å². The van der Waals surface area contributed by atoms with Crippen LogP contribution in [0.5, 0.6) is 0 Å². The van der Waals surface area contributed by atoms with Crippen LogP contribution in [-0.4, -0.2) is 11.5 Å². The van der Waals surface area contributed by atoms with Crippen molar-refractivity contribution in [2.75, 3.05) is 6.54 Å². The van der Waals surface area contributed by atoms with Crippen LogP contribution in [0.2, 0.25) is 5.02 Å². The second-order valence-electron chi connectivity index (χ2n) is 3.95. The van der Waals surface area contributed by atoms with Crippen LogP contribution < -0.4 is 5.32 Å². The minimum Gasteiger partial charge on any atom is -0.313 e. The lowest BCUT2D eigenvalue weighted by Crippen LogP contribution is -2.11. The molecule has 2 nitrogen and oxygen atoms in total. The van der Waals surface area contributed by atoms with Gasteiger partial charge < -0.3 is 5.32 Å². The highest BCUT2D eigenvalue weighted by atomic mass is 79.9. The van der Waals surface area contributed by atoms with E-state index in [0.29, 0.717) is 0 Å². The van der Waals surface area contributed by atoms with Gasteiger partial charge in [-0.1, -0.05) is 36.4 Å². The van der Waals surface area contributed by atoms with Crippen LogP contribution in [0.3, 0.4) is 0 Å². The van der Waals surface area contributed by atoms with E-state index in [9.17, 15) is 0 Å². The SMILES string of the molecule is CCNCc1ccc(Sc2ccc(Br)cn2)cc1Cl. The first kappa shape index (κ1) is 14.9. The van der Waals surface area contributed by atoms with E-state index in [1.165, 1.54) is 0 Å². The molecule has 0 aliphatic heterocycles. The van der Waals surface area contributed by atoms with E-state index in [4.69, 9.17) is 11.6 Å². The third-order valence-electron chi connectivity index (χ3n) is 2.51. The highest BCUT2D eigenvalue weighted by Crippen LogP contribution is 2.30. The van der Waals surface area contributed by atoms with Crippen LogP contribution in [0.4, 0.5) is 0 Å². The molecule has 0 fully saturated rings. The van der Waals surface area contributed by atoms with Crippen molar-refractivity contribution >= 4 is 39.3 Å². The predicted octanol–water partition coefficient (Wildman–Crippen LogP) is 4.76. The average molecular weight is 358 g/mol. The number of pyridine rings is 1. The fourth-order valence-electron chi connectivity index (χ4n) is 1.54. The van der Waals surface area contributed by atoms with Gasteiger partial charge in [-0.05, 0) is 52.3 Å². The number of hydrogen-bond acceptors (Lipinski definition) is 3. The van der Waals surface area contributed by atoms with Crippen molar-refractivity contribution in [2.24, 2.45) is 0 Å². The minimum atomic E-state index is 0.795. The van der Waals surface area contributed by atoms with Crippen LogP contribution in [0.15, 0.2) is 50.9 Å². The van der Waals surface area contributed by atoms with Crippen molar-refractivity contribution in [3.05, 3.63) is 51.6 Å². The molecule has 0 saturated heterocycles. The normalized spacial score (nSPS) is 10.7. The molecule has 1 aromatic heterocycles. The fraction of sp³-hybridized carbons (Fsp3) is 0.214. The van der Waals surface area contributed by atoms with Gasteiger partial charge in [0.2, 0.25) is 0 Å². The molecule has 0 amide bonds. The molecule has 1 aromatic carbocycles. The van der Waals surface area contributed by atoms with Gasteiger partial charge in [0.05, 0.1) is 0 Å². The van der Waals surface area contributed by atoms with Crippen molar-refractivity contribution in [2.45, 2.75) is 23.4 Å². The van der Waals surface area contributed by atoms with Gasteiger partial charge in [0, 0.05) is 27.1 Å². The summed E-state index contributed by atoms with van der Waals surface area (Å²) in [6.45, 7) is 3.82. The molecule has 19 heavy (non-hydrogen) atoms. The third-order valence-corrected chi connectivity index (χ3v) is 4.27. The molecule has 1 N–H and O–H groups in total. The predicted molar refractivity (Wildman–Crippen MR) is 84.9 cm³/mol. The number of aromatic nitrogens is 1. The molecule has 2 rings (SSSR count). The van der Waals surface area contributed by atoms with Gasteiger partial charge in [0.15, 0.2) is 0 Å². The van der Waals surface area contributed by atoms with Crippen molar-refractivity contribution in [3.63, 3.8) is 0 Å².